The van der Waals surface area contributed by atoms with Crippen molar-refractivity contribution in [2.45, 2.75) is 26.9 Å². The lowest BCUT2D eigenvalue weighted by Gasteiger charge is -2.08. The van der Waals surface area contributed by atoms with Crippen LogP contribution in [0.2, 0.25) is 0 Å². The van der Waals surface area contributed by atoms with Gasteiger partial charge in [-0.3, -0.25) is 0 Å². The molecule has 0 aliphatic rings. The Bertz CT molecular complexity index is 502. The number of aromatic nitrogens is 1. The molecular weight excluding hydrogens is 224 g/mol. The van der Waals surface area contributed by atoms with Crippen LogP contribution in [0.4, 0.5) is 0 Å². The number of nitrogens with zero attached hydrogens (tertiary/aromatic N) is 1. The summed E-state index contributed by atoms with van der Waals surface area (Å²) in [6.07, 6.45) is 2.14. The first-order valence-corrected chi connectivity index (χ1v) is 6.57. The van der Waals surface area contributed by atoms with Crippen molar-refractivity contribution in [1.82, 2.24) is 4.57 Å². The topological polar surface area (TPSA) is 40.2 Å². The van der Waals surface area contributed by atoms with Crippen LogP contribution >= 0.6 is 0 Å². The van der Waals surface area contributed by atoms with Gasteiger partial charge < -0.3 is 15.0 Å². The third kappa shape index (κ3) is 2.92. The van der Waals surface area contributed by atoms with E-state index in [4.69, 9.17) is 10.5 Å². The molecule has 1 aromatic carbocycles. The SMILES string of the molecule is CC(C)COCCn1cc(CN)c2ccccc21. The van der Waals surface area contributed by atoms with Gasteiger partial charge >= 0.3 is 0 Å². The van der Waals surface area contributed by atoms with Gasteiger partial charge in [0.05, 0.1) is 6.61 Å². The van der Waals surface area contributed by atoms with Crippen LogP contribution in [0.15, 0.2) is 30.5 Å². The standard InChI is InChI=1S/C15H22N2O/c1-12(2)11-18-8-7-17-10-13(9-16)14-5-3-4-6-15(14)17/h3-6,10,12H,7-9,11,16H2,1-2H3. The largest absolute Gasteiger partial charge is 0.379 e. The highest BCUT2D eigenvalue weighted by atomic mass is 16.5. The van der Waals surface area contributed by atoms with Crippen LogP contribution in [0, 0.1) is 5.92 Å². The first kappa shape index (κ1) is 13.1. The number of nitrogens with two attached hydrogens (primary N) is 1. The second-order valence-electron chi connectivity index (χ2n) is 5.04. The molecule has 1 heterocycles. The maximum Gasteiger partial charge on any atom is 0.0645 e. The molecule has 0 fully saturated rings. The fourth-order valence-corrected chi connectivity index (χ4v) is 2.15. The van der Waals surface area contributed by atoms with Crippen molar-refractivity contribution in [2.75, 3.05) is 13.2 Å². The summed E-state index contributed by atoms with van der Waals surface area (Å²) >= 11 is 0. The van der Waals surface area contributed by atoms with Crippen molar-refractivity contribution < 1.29 is 4.74 Å². The molecular formula is C15H22N2O. The monoisotopic (exact) mass is 246 g/mol. The second-order valence-corrected chi connectivity index (χ2v) is 5.04. The molecule has 0 aliphatic heterocycles. The Morgan fingerprint density at radius 1 is 1.28 bits per heavy atom. The molecule has 0 spiro atoms. The molecule has 0 atom stereocenters. The second kappa shape index (κ2) is 6.03. The van der Waals surface area contributed by atoms with Gasteiger partial charge in [-0.1, -0.05) is 32.0 Å². The van der Waals surface area contributed by atoms with Crippen LogP contribution in [0.25, 0.3) is 10.9 Å². The Balaban J connectivity index is 2.08. The van der Waals surface area contributed by atoms with E-state index in [9.17, 15) is 0 Å². The minimum absolute atomic E-state index is 0.584. The van der Waals surface area contributed by atoms with Gasteiger partial charge in [0.2, 0.25) is 0 Å². The third-order valence-electron chi connectivity index (χ3n) is 3.02. The van der Waals surface area contributed by atoms with E-state index in [0.717, 1.165) is 19.8 Å². The van der Waals surface area contributed by atoms with E-state index in [1.807, 2.05) is 0 Å². The summed E-state index contributed by atoms with van der Waals surface area (Å²) in [6.45, 7) is 7.37. The Morgan fingerprint density at radius 3 is 2.78 bits per heavy atom. The first-order chi connectivity index (χ1) is 8.72. The molecule has 3 heteroatoms. The highest BCUT2D eigenvalue weighted by Gasteiger charge is 2.06. The van der Waals surface area contributed by atoms with Crippen molar-refractivity contribution >= 4 is 10.9 Å². The smallest absolute Gasteiger partial charge is 0.0645 e. The Hall–Kier alpha value is -1.32. The van der Waals surface area contributed by atoms with Crippen LogP contribution in [0.3, 0.4) is 0 Å². The van der Waals surface area contributed by atoms with E-state index in [0.29, 0.717) is 12.5 Å². The lowest BCUT2D eigenvalue weighted by molar-refractivity contribution is 0.104. The lowest BCUT2D eigenvalue weighted by Crippen LogP contribution is -2.08. The average molecular weight is 246 g/mol. The molecule has 0 saturated heterocycles. The molecule has 3 nitrogen and oxygen atoms in total. The predicted octanol–water partition coefficient (Wildman–Crippen LogP) is 2.77. The number of hydrogen-bond donors (Lipinski definition) is 1. The van der Waals surface area contributed by atoms with Crippen LogP contribution in [0.5, 0.6) is 0 Å². The number of benzene rings is 1. The van der Waals surface area contributed by atoms with Crippen molar-refractivity contribution in [3.05, 3.63) is 36.0 Å². The molecule has 1 aromatic heterocycles. The summed E-state index contributed by atoms with van der Waals surface area (Å²) in [7, 11) is 0. The molecule has 2 aromatic rings. The summed E-state index contributed by atoms with van der Waals surface area (Å²) in [5.74, 6) is 0.589. The normalized spacial score (nSPS) is 11.6. The molecule has 98 valence electrons. The van der Waals surface area contributed by atoms with Gasteiger partial charge in [-0.15, -0.1) is 0 Å². The number of hydrogen-bond acceptors (Lipinski definition) is 2. The van der Waals surface area contributed by atoms with Crippen LogP contribution in [-0.2, 0) is 17.8 Å². The van der Waals surface area contributed by atoms with E-state index in [2.05, 4.69) is 48.9 Å². The highest BCUT2D eigenvalue weighted by molar-refractivity contribution is 5.83. The fraction of sp³-hybridized carbons (Fsp3) is 0.467. The van der Waals surface area contributed by atoms with E-state index in [1.165, 1.54) is 16.5 Å². The molecule has 0 bridgehead atoms. The molecule has 0 radical (unpaired) electrons. The van der Waals surface area contributed by atoms with E-state index in [1.54, 1.807) is 0 Å². The van der Waals surface area contributed by atoms with Crippen molar-refractivity contribution in [2.24, 2.45) is 11.7 Å². The van der Waals surface area contributed by atoms with Crippen molar-refractivity contribution in [3.8, 4) is 0 Å². The zero-order valence-electron chi connectivity index (χ0n) is 11.2. The summed E-state index contributed by atoms with van der Waals surface area (Å²) in [6, 6.07) is 8.38. The molecule has 2 N–H and O–H groups in total. The van der Waals surface area contributed by atoms with Crippen molar-refractivity contribution in [3.63, 3.8) is 0 Å². The van der Waals surface area contributed by atoms with Crippen LogP contribution in [-0.4, -0.2) is 17.8 Å². The van der Waals surface area contributed by atoms with Gasteiger partial charge in [0.25, 0.3) is 0 Å². The minimum Gasteiger partial charge on any atom is -0.379 e. The lowest BCUT2D eigenvalue weighted by atomic mass is 10.2. The number of rotatable bonds is 6. The van der Waals surface area contributed by atoms with Gasteiger partial charge in [-0.25, -0.2) is 0 Å². The Kier molecular flexibility index (Phi) is 4.39. The molecule has 0 unspecified atom stereocenters. The maximum absolute atomic E-state index is 5.78. The zero-order valence-corrected chi connectivity index (χ0v) is 11.2. The number of ether oxygens (including phenoxy) is 1. The summed E-state index contributed by atoms with van der Waals surface area (Å²) in [4.78, 5) is 0. The van der Waals surface area contributed by atoms with Gasteiger partial charge in [0.15, 0.2) is 0 Å². The summed E-state index contributed by atoms with van der Waals surface area (Å²) in [5, 5.41) is 1.25. The molecule has 0 amide bonds. The third-order valence-corrected chi connectivity index (χ3v) is 3.02. The van der Waals surface area contributed by atoms with Gasteiger partial charge in [-0.05, 0) is 17.5 Å². The zero-order chi connectivity index (χ0) is 13.0. The van der Waals surface area contributed by atoms with Crippen molar-refractivity contribution in [1.29, 1.82) is 0 Å². The summed E-state index contributed by atoms with van der Waals surface area (Å²) in [5.41, 5.74) is 8.22. The maximum atomic E-state index is 5.78. The molecule has 0 saturated carbocycles. The fourth-order valence-electron chi connectivity index (χ4n) is 2.15. The molecule has 0 aliphatic carbocycles. The Morgan fingerprint density at radius 2 is 2.06 bits per heavy atom. The van der Waals surface area contributed by atoms with Gasteiger partial charge in [0.1, 0.15) is 0 Å². The van der Waals surface area contributed by atoms with E-state index >= 15 is 0 Å². The van der Waals surface area contributed by atoms with Crippen LogP contribution in [0.1, 0.15) is 19.4 Å². The number of fused-ring (bicyclic) bond motifs is 1. The number of para-hydroxylation sites is 1. The predicted molar refractivity (Wildman–Crippen MR) is 75.5 cm³/mol. The van der Waals surface area contributed by atoms with Gasteiger partial charge in [0, 0.05) is 36.8 Å². The van der Waals surface area contributed by atoms with Gasteiger partial charge in [-0.2, -0.15) is 0 Å². The molecule has 2 rings (SSSR count). The quantitative estimate of drug-likeness (QED) is 0.796. The van der Waals surface area contributed by atoms with Crippen LogP contribution < -0.4 is 5.73 Å². The minimum atomic E-state index is 0.584. The highest BCUT2D eigenvalue weighted by Crippen LogP contribution is 2.20. The van der Waals surface area contributed by atoms with E-state index in [-0.39, 0.29) is 0 Å². The summed E-state index contributed by atoms with van der Waals surface area (Å²) < 4.78 is 7.87. The van der Waals surface area contributed by atoms with E-state index < -0.39 is 0 Å². The Labute approximate surface area is 109 Å². The average Bonchev–Trinajstić information content (AvgIpc) is 2.73. The molecule has 18 heavy (non-hydrogen) atoms. The first-order valence-electron chi connectivity index (χ1n) is 6.57.